The largest absolute Gasteiger partial charge is 0.379 e. The van der Waals surface area contributed by atoms with E-state index in [1.165, 1.54) is 5.56 Å². The van der Waals surface area contributed by atoms with Crippen LogP contribution in [-0.2, 0) is 9.47 Å². The highest BCUT2D eigenvalue weighted by molar-refractivity contribution is 9.10. The van der Waals surface area contributed by atoms with Gasteiger partial charge in [-0.2, -0.15) is 0 Å². The summed E-state index contributed by atoms with van der Waals surface area (Å²) < 4.78 is 12.4. The van der Waals surface area contributed by atoms with E-state index < -0.39 is 0 Å². The fourth-order valence-corrected chi connectivity index (χ4v) is 2.60. The SMILES string of the molecule is CC(C)COCCOC(CBr)c1ccccc1Br. The molecule has 0 bridgehead atoms. The lowest BCUT2D eigenvalue weighted by molar-refractivity contribution is 0.00737. The highest BCUT2D eigenvalue weighted by atomic mass is 79.9. The van der Waals surface area contributed by atoms with E-state index in [9.17, 15) is 0 Å². The van der Waals surface area contributed by atoms with Crippen molar-refractivity contribution >= 4 is 31.9 Å². The highest BCUT2D eigenvalue weighted by Crippen LogP contribution is 2.27. The van der Waals surface area contributed by atoms with Gasteiger partial charge in [0.05, 0.1) is 19.3 Å². The molecule has 2 nitrogen and oxygen atoms in total. The third kappa shape index (κ3) is 5.83. The fraction of sp³-hybridized carbons (Fsp3) is 0.571. The number of alkyl halides is 1. The molecule has 0 aliphatic rings. The van der Waals surface area contributed by atoms with E-state index in [2.05, 4.69) is 51.8 Å². The van der Waals surface area contributed by atoms with Gasteiger partial charge in [-0.3, -0.25) is 0 Å². The normalized spacial score (nSPS) is 12.9. The van der Waals surface area contributed by atoms with Crippen molar-refractivity contribution in [2.45, 2.75) is 20.0 Å². The van der Waals surface area contributed by atoms with E-state index >= 15 is 0 Å². The summed E-state index contributed by atoms with van der Waals surface area (Å²) in [4.78, 5) is 0. The van der Waals surface area contributed by atoms with E-state index in [1.54, 1.807) is 0 Å². The summed E-state index contributed by atoms with van der Waals surface area (Å²) in [7, 11) is 0. The van der Waals surface area contributed by atoms with Gasteiger partial charge in [-0.1, -0.05) is 63.9 Å². The molecule has 0 saturated heterocycles. The second-order valence-corrected chi connectivity index (χ2v) is 6.01. The molecule has 0 heterocycles. The highest BCUT2D eigenvalue weighted by Gasteiger charge is 2.13. The lowest BCUT2D eigenvalue weighted by Gasteiger charge is -2.17. The van der Waals surface area contributed by atoms with Gasteiger partial charge in [0, 0.05) is 16.4 Å². The van der Waals surface area contributed by atoms with Crippen LogP contribution in [0.1, 0.15) is 25.5 Å². The van der Waals surface area contributed by atoms with Crippen LogP contribution in [0.5, 0.6) is 0 Å². The van der Waals surface area contributed by atoms with E-state index in [0.717, 1.165) is 16.4 Å². The lowest BCUT2D eigenvalue weighted by Crippen LogP contribution is -2.13. The number of rotatable bonds is 8. The van der Waals surface area contributed by atoms with Gasteiger partial charge in [-0.25, -0.2) is 0 Å². The maximum atomic E-state index is 5.84. The van der Waals surface area contributed by atoms with Crippen molar-refractivity contribution in [2.24, 2.45) is 5.92 Å². The topological polar surface area (TPSA) is 18.5 Å². The molecule has 18 heavy (non-hydrogen) atoms. The third-order valence-electron chi connectivity index (χ3n) is 2.39. The Morgan fingerprint density at radius 3 is 2.50 bits per heavy atom. The van der Waals surface area contributed by atoms with Crippen LogP contribution in [0.4, 0.5) is 0 Å². The first-order valence-corrected chi connectivity index (χ1v) is 8.06. The van der Waals surface area contributed by atoms with E-state index in [-0.39, 0.29) is 6.10 Å². The van der Waals surface area contributed by atoms with E-state index in [0.29, 0.717) is 19.1 Å². The monoisotopic (exact) mass is 378 g/mol. The molecule has 0 aromatic heterocycles. The Hall–Kier alpha value is 0.1000. The Labute approximate surface area is 126 Å². The molecule has 102 valence electrons. The summed E-state index contributed by atoms with van der Waals surface area (Å²) in [5, 5.41) is 0.778. The number of hydrogen-bond acceptors (Lipinski definition) is 2. The molecule has 1 rings (SSSR count). The Morgan fingerprint density at radius 2 is 1.89 bits per heavy atom. The molecule has 4 heteroatoms. The zero-order valence-corrected chi connectivity index (χ0v) is 14.0. The fourth-order valence-electron chi connectivity index (χ4n) is 1.52. The second-order valence-electron chi connectivity index (χ2n) is 4.50. The smallest absolute Gasteiger partial charge is 0.0933 e. The predicted molar refractivity (Wildman–Crippen MR) is 82.3 cm³/mol. The second kappa shape index (κ2) is 9.08. The number of ether oxygens (including phenoxy) is 2. The predicted octanol–water partition coefficient (Wildman–Crippen LogP) is 4.57. The summed E-state index contributed by atoms with van der Waals surface area (Å²) >= 11 is 7.04. The number of benzene rings is 1. The summed E-state index contributed by atoms with van der Waals surface area (Å²) in [5.74, 6) is 0.570. The Balaban J connectivity index is 2.36. The molecule has 0 amide bonds. The van der Waals surface area contributed by atoms with Crippen LogP contribution in [0.25, 0.3) is 0 Å². The van der Waals surface area contributed by atoms with Crippen LogP contribution >= 0.6 is 31.9 Å². The maximum Gasteiger partial charge on any atom is 0.0933 e. The summed E-state index contributed by atoms with van der Waals surface area (Å²) in [6.07, 6.45) is 0.0585. The first-order valence-electron chi connectivity index (χ1n) is 6.15. The molecular weight excluding hydrogens is 360 g/mol. The van der Waals surface area contributed by atoms with Gasteiger partial charge in [0.1, 0.15) is 0 Å². The maximum absolute atomic E-state index is 5.84. The van der Waals surface area contributed by atoms with Gasteiger partial charge in [-0.05, 0) is 17.5 Å². The summed E-state index contributed by atoms with van der Waals surface area (Å²) in [6, 6.07) is 8.13. The van der Waals surface area contributed by atoms with Gasteiger partial charge in [0.25, 0.3) is 0 Å². The number of halogens is 2. The molecule has 1 unspecified atom stereocenters. The van der Waals surface area contributed by atoms with Crippen molar-refractivity contribution in [3.8, 4) is 0 Å². The Bertz CT molecular complexity index is 342. The van der Waals surface area contributed by atoms with Gasteiger partial charge in [0.15, 0.2) is 0 Å². The van der Waals surface area contributed by atoms with E-state index in [1.807, 2.05) is 18.2 Å². The molecule has 1 atom stereocenters. The van der Waals surface area contributed by atoms with Crippen LogP contribution in [-0.4, -0.2) is 25.2 Å². The van der Waals surface area contributed by atoms with Crippen molar-refractivity contribution < 1.29 is 9.47 Å². The van der Waals surface area contributed by atoms with Gasteiger partial charge < -0.3 is 9.47 Å². The third-order valence-corrected chi connectivity index (χ3v) is 3.70. The molecule has 0 N–H and O–H groups in total. The molecule has 0 fully saturated rings. The zero-order valence-electron chi connectivity index (χ0n) is 10.9. The van der Waals surface area contributed by atoms with Crippen LogP contribution in [0.2, 0.25) is 0 Å². The Kier molecular flexibility index (Phi) is 8.15. The zero-order chi connectivity index (χ0) is 13.4. The minimum absolute atomic E-state index is 0.0585. The summed E-state index contributed by atoms with van der Waals surface area (Å²) in [5.41, 5.74) is 1.17. The van der Waals surface area contributed by atoms with Gasteiger partial charge in [-0.15, -0.1) is 0 Å². The average molecular weight is 380 g/mol. The van der Waals surface area contributed by atoms with Crippen molar-refractivity contribution in [3.05, 3.63) is 34.3 Å². The van der Waals surface area contributed by atoms with Gasteiger partial charge >= 0.3 is 0 Å². The van der Waals surface area contributed by atoms with Crippen LogP contribution in [0.15, 0.2) is 28.7 Å². The Morgan fingerprint density at radius 1 is 1.17 bits per heavy atom. The molecule has 0 radical (unpaired) electrons. The van der Waals surface area contributed by atoms with Crippen LogP contribution in [0.3, 0.4) is 0 Å². The van der Waals surface area contributed by atoms with Crippen molar-refractivity contribution in [3.63, 3.8) is 0 Å². The van der Waals surface area contributed by atoms with Crippen LogP contribution in [0, 0.1) is 5.92 Å². The standard InChI is InChI=1S/C14H20Br2O2/c1-11(2)10-17-7-8-18-14(9-15)12-5-3-4-6-13(12)16/h3-6,11,14H,7-10H2,1-2H3. The molecule has 1 aromatic carbocycles. The van der Waals surface area contributed by atoms with E-state index in [4.69, 9.17) is 9.47 Å². The first kappa shape index (κ1) is 16.2. The summed E-state index contributed by atoms with van der Waals surface area (Å²) in [6.45, 7) is 6.33. The molecule has 0 spiro atoms. The van der Waals surface area contributed by atoms with Gasteiger partial charge in [0.2, 0.25) is 0 Å². The minimum Gasteiger partial charge on any atom is -0.379 e. The molecule has 1 aromatic rings. The first-order chi connectivity index (χ1) is 8.65. The molecule has 0 saturated carbocycles. The minimum atomic E-state index is 0.0585. The molecule has 0 aliphatic heterocycles. The van der Waals surface area contributed by atoms with Crippen LogP contribution < -0.4 is 0 Å². The van der Waals surface area contributed by atoms with Crippen molar-refractivity contribution in [1.82, 2.24) is 0 Å². The van der Waals surface area contributed by atoms with Crippen molar-refractivity contribution in [2.75, 3.05) is 25.2 Å². The molecule has 0 aliphatic carbocycles. The quantitative estimate of drug-likeness (QED) is 0.486. The number of hydrogen-bond donors (Lipinski definition) is 0. The molecular formula is C14H20Br2O2. The lowest BCUT2D eigenvalue weighted by atomic mass is 10.1. The average Bonchev–Trinajstić information content (AvgIpc) is 2.35. The van der Waals surface area contributed by atoms with Crippen molar-refractivity contribution in [1.29, 1.82) is 0 Å².